The van der Waals surface area contributed by atoms with Crippen LogP contribution in [0.25, 0.3) is 22.2 Å². The summed E-state index contributed by atoms with van der Waals surface area (Å²) >= 11 is 0. The van der Waals surface area contributed by atoms with Crippen LogP contribution in [-0.4, -0.2) is 46.2 Å². The fraction of sp³-hybridized carbons (Fsp3) is 0.217. The summed E-state index contributed by atoms with van der Waals surface area (Å²) in [6.45, 7) is 2.33. The van der Waals surface area contributed by atoms with Crippen LogP contribution in [0.15, 0.2) is 66.4 Å². The van der Waals surface area contributed by atoms with E-state index in [0.29, 0.717) is 34.5 Å². The van der Waals surface area contributed by atoms with E-state index in [4.69, 9.17) is 4.74 Å². The lowest BCUT2D eigenvalue weighted by atomic mass is 10.0. The number of carbonyl (C=O) groups is 1. The highest BCUT2D eigenvalue weighted by molar-refractivity contribution is 6.07. The third-order valence-corrected chi connectivity index (χ3v) is 5.13. The number of hydrazine groups is 1. The highest BCUT2D eigenvalue weighted by Crippen LogP contribution is 2.33. The summed E-state index contributed by atoms with van der Waals surface area (Å²) in [5.41, 5.74) is -1.05. The first-order chi connectivity index (χ1) is 15.7. The monoisotopic (exact) mass is 461 g/mol. The van der Waals surface area contributed by atoms with Crippen molar-refractivity contribution in [3.8, 4) is 17.0 Å². The van der Waals surface area contributed by atoms with Crippen LogP contribution < -0.4 is 10.2 Å². The number of halogens is 4. The summed E-state index contributed by atoms with van der Waals surface area (Å²) in [6, 6.07) is 14.7. The number of amides is 1. The van der Waals surface area contributed by atoms with Gasteiger partial charge in [0.25, 0.3) is 18.8 Å². The Kier molecular flexibility index (Phi) is 5.94. The molecule has 1 aliphatic rings. The van der Waals surface area contributed by atoms with Gasteiger partial charge in [0.05, 0.1) is 29.1 Å². The second kappa shape index (κ2) is 8.70. The van der Waals surface area contributed by atoms with Gasteiger partial charge in [-0.1, -0.05) is 18.2 Å². The number of alkyl halides is 4. The molecule has 0 saturated heterocycles. The number of nitrogens with zero attached hydrogens (tertiary/aromatic N) is 2. The Morgan fingerprint density at radius 1 is 1.15 bits per heavy atom. The van der Waals surface area contributed by atoms with Gasteiger partial charge in [-0.25, -0.2) is 27.6 Å². The molecule has 2 N–H and O–H groups in total. The van der Waals surface area contributed by atoms with Crippen LogP contribution in [0.3, 0.4) is 0 Å². The molecule has 6 nitrogen and oxygen atoms in total. The first-order valence-electron chi connectivity index (χ1n) is 10.00. The van der Waals surface area contributed by atoms with Crippen molar-refractivity contribution in [2.75, 3.05) is 6.61 Å². The first kappa shape index (κ1) is 22.5. The lowest BCUT2D eigenvalue weighted by Crippen LogP contribution is -2.56. The molecule has 0 saturated carbocycles. The fourth-order valence-corrected chi connectivity index (χ4v) is 3.54. The molecular weight excluding hydrogens is 442 g/mol. The molecule has 0 radical (unpaired) electrons. The van der Waals surface area contributed by atoms with Crippen molar-refractivity contribution >= 4 is 16.8 Å². The molecular formula is C23H19F4N3O3. The molecule has 2 heterocycles. The third-order valence-electron chi connectivity index (χ3n) is 5.13. The van der Waals surface area contributed by atoms with Gasteiger partial charge in [0.1, 0.15) is 5.75 Å². The predicted octanol–water partition coefficient (Wildman–Crippen LogP) is 4.36. The Morgan fingerprint density at radius 3 is 2.48 bits per heavy atom. The molecule has 1 aliphatic heterocycles. The normalized spacial score (nSPS) is 18.1. The maximum absolute atomic E-state index is 13.6. The average Bonchev–Trinajstić information content (AvgIpc) is 3.18. The molecule has 0 aliphatic carbocycles. The van der Waals surface area contributed by atoms with Crippen molar-refractivity contribution < 1.29 is 32.2 Å². The van der Waals surface area contributed by atoms with Crippen LogP contribution in [0, 0.1) is 0 Å². The van der Waals surface area contributed by atoms with E-state index in [9.17, 15) is 27.5 Å². The Bertz CT molecular complexity index is 1220. The maximum Gasteiger partial charge on any atom is 0.291 e. The Balaban J connectivity index is 1.81. The quantitative estimate of drug-likeness (QED) is 0.534. The number of hydrogen-bond donors (Lipinski definition) is 2. The van der Waals surface area contributed by atoms with Crippen LogP contribution in [-0.2, 0) is 0 Å². The summed E-state index contributed by atoms with van der Waals surface area (Å²) in [4.78, 5) is 17.8. The topological polar surface area (TPSA) is 74.7 Å². The smallest absolute Gasteiger partial charge is 0.291 e. The Labute approximate surface area is 186 Å². The summed E-state index contributed by atoms with van der Waals surface area (Å²) < 4.78 is 59.0. The van der Waals surface area contributed by atoms with E-state index in [2.05, 4.69) is 4.98 Å². The minimum absolute atomic E-state index is 0.0972. The lowest BCUT2D eigenvalue weighted by molar-refractivity contribution is -0.146. The van der Waals surface area contributed by atoms with Crippen molar-refractivity contribution in [2.24, 2.45) is 0 Å². The molecule has 1 atom stereocenters. The number of aromatic nitrogens is 1. The van der Waals surface area contributed by atoms with E-state index >= 15 is 0 Å². The summed E-state index contributed by atoms with van der Waals surface area (Å²) in [6.07, 6.45) is -6.47. The number of hydrogen-bond acceptors (Lipinski definition) is 5. The SMILES string of the molecule is CCOc1ccc(-c2cc(C(=O)N3NC(C(F)F)=CC3(O)C(F)F)c3ccccc3n2)cc1. The molecule has 3 aromatic rings. The second-order valence-electron chi connectivity index (χ2n) is 7.27. The van der Waals surface area contributed by atoms with Gasteiger partial charge in [-0.2, -0.15) is 0 Å². The van der Waals surface area contributed by atoms with E-state index in [1.807, 2.05) is 12.3 Å². The molecule has 1 amide bonds. The van der Waals surface area contributed by atoms with E-state index in [1.165, 1.54) is 6.07 Å². The van der Waals surface area contributed by atoms with Gasteiger partial charge in [-0.15, -0.1) is 0 Å². The van der Waals surface area contributed by atoms with E-state index in [0.717, 1.165) is 0 Å². The van der Waals surface area contributed by atoms with Crippen molar-refractivity contribution in [2.45, 2.75) is 25.5 Å². The second-order valence-corrected chi connectivity index (χ2v) is 7.27. The summed E-state index contributed by atoms with van der Waals surface area (Å²) in [7, 11) is 0. The highest BCUT2D eigenvalue weighted by atomic mass is 19.3. The van der Waals surface area contributed by atoms with Gasteiger partial charge in [0.2, 0.25) is 5.72 Å². The van der Waals surface area contributed by atoms with Crippen LogP contribution >= 0.6 is 0 Å². The number of fused-ring (bicyclic) bond motifs is 1. The van der Waals surface area contributed by atoms with Gasteiger partial charge in [0.15, 0.2) is 0 Å². The molecule has 1 unspecified atom stereocenters. The molecule has 0 spiro atoms. The molecule has 4 rings (SSSR count). The first-order valence-corrected chi connectivity index (χ1v) is 10.00. The number of allylic oxidation sites excluding steroid dienone is 1. The van der Waals surface area contributed by atoms with Crippen LogP contribution in [0.1, 0.15) is 17.3 Å². The molecule has 10 heteroatoms. The van der Waals surface area contributed by atoms with E-state index in [-0.39, 0.29) is 16.6 Å². The van der Waals surface area contributed by atoms with Gasteiger partial charge < -0.3 is 9.84 Å². The minimum Gasteiger partial charge on any atom is -0.494 e. The molecule has 1 aromatic heterocycles. The van der Waals surface area contributed by atoms with E-state index < -0.39 is 30.2 Å². The number of carbonyl (C=O) groups excluding carboxylic acids is 1. The fourth-order valence-electron chi connectivity index (χ4n) is 3.54. The van der Waals surface area contributed by atoms with Crippen molar-refractivity contribution in [1.82, 2.24) is 15.4 Å². The number of pyridine rings is 1. The zero-order chi connectivity index (χ0) is 23.8. The third kappa shape index (κ3) is 4.09. The summed E-state index contributed by atoms with van der Waals surface area (Å²) in [5.74, 6) is -0.484. The number of ether oxygens (including phenoxy) is 1. The van der Waals surface area contributed by atoms with Crippen LogP contribution in [0.4, 0.5) is 17.6 Å². The van der Waals surface area contributed by atoms with Gasteiger partial charge in [-0.05, 0) is 43.3 Å². The largest absolute Gasteiger partial charge is 0.494 e. The highest BCUT2D eigenvalue weighted by Gasteiger charge is 2.51. The Morgan fingerprint density at radius 2 is 1.85 bits per heavy atom. The van der Waals surface area contributed by atoms with Crippen LogP contribution in [0.5, 0.6) is 5.75 Å². The number of aliphatic hydroxyl groups is 1. The zero-order valence-corrected chi connectivity index (χ0v) is 17.3. The zero-order valence-electron chi connectivity index (χ0n) is 17.3. The lowest BCUT2D eigenvalue weighted by Gasteiger charge is -2.32. The number of nitrogens with one attached hydrogen (secondary N) is 1. The molecule has 0 fully saturated rings. The number of benzene rings is 2. The molecule has 33 heavy (non-hydrogen) atoms. The van der Waals surface area contributed by atoms with Gasteiger partial charge in [0, 0.05) is 17.0 Å². The molecule has 172 valence electrons. The average molecular weight is 461 g/mol. The minimum atomic E-state index is -3.54. The van der Waals surface area contributed by atoms with Crippen molar-refractivity contribution in [3.05, 3.63) is 71.9 Å². The van der Waals surface area contributed by atoms with Gasteiger partial charge >= 0.3 is 0 Å². The standard InChI is InChI=1S/C23H19F4N3O3/c1-2-33-14-9-7-13(8-10-14)18-11-16(15-5-3-4-6-17(15)28-18)21(31)30-23(32,22(26)27)12-19(29-30)20(24)25/h3-12,20,22,29,32H,2H2,1H3. The van der Waals surface area contributed by atoms with Crippen molar-refractivity contribution in [3.63, 3.8) is 0 Å². The number of rotatable bonds is 6. The Hall–Kier alpha value is -3.66. The van der Waals surface area contributed by atoms with E-state index in [1.54, 1.807) is 48.5 Å². The van der Waals surface area contributed by atoms with Crippen molar-refractivity contribution in [1.29, 1.82) is 0 Å². The van der Waals surface area contributed by atoms with Gasteiger partial charge in [-0.3, -0.25) is 10.2 Å². The summed E-state index contributed by atoms with van der Waals surface area (Å²) in [5, 5.41) is 10.8. The molecule has 0 bridgehead atoms. The maximum atomic E-state index is 13.6. The predicted molar refractivity (Wildman–Crippen MR) is 113 cm³/mol. The molecule has 2 aromatic carbocycles. The van der Waals surface area contributed by atoms with Crippen LogP contribution in [0.2, 0.25) is 0 Å². The number of para-hydroxylation sites is 1.